The van der Waals surface area contributed by atoms with Gasteiger partial charge in [0.05, 0.1) is 5.92 Å². The minimum absolute atomic E-state index is 0.0465. The molecule has 1 amide bonds. The lowest BCUT2D eigenvalue weighted by atomic mass is 9.81. The van der Waals surface area contributed by atoms with E-state index in [2.05, 4.69) is 66.7 Å². The Morgan fingerprint density at radius 2 is 1.72 bits per heavy atom. The number of amides is 1. The third-order valence-electron chi connectivity index (χ3n) is 6.79. The van der Waals surface area contributed by atoms with Crippen molar-refractivity contribution in [2.45, 2.75) is 31.6 Å². The maximum atomic E-state index is 13.8. The van der Waals surface area contributed by atoms with E-state index in [1.54, 1.807) is 0 Å². The fraction of sp³-hybridized carbons (Fsp3) is 0.222. The summed E-state index contributed by atoms with van der Waals surface area (Å²) in [5.74, 6) is 0.228. The quantitative estimate of drug-likeness (QED) is 0.635. The first-order chi connectivity index (χ1) is 14.3. The number of carbonyl (C=O) groups excluding carboxylic acids is 1. The van der Waals surface area contributed by atoms with Gasteiger partial charge in [-0.1, -0.05) is 66.7 Å². The predicted octanol–water partition coefficient (Wildman–Crippen LogP) is 3.56. The van der Waals surface area contributed by atoms with Crippen molar-refractivity contribution in [1.29, 1.82) is 0 Å². The maximum absolute atomic E-state index is 13.8. The SMILES string of the molecule is O=C(C1CCC=c2ccc3c(c21)CC=c1ccccc1=3)N1CCc2ccccc21. The Labute approximate surface area is 170 Å². The molecule has 29 heavy (non-hydrogen) atoms. The standard InChI is InChI=1S/C27H23NO/c29-27(28-17-16-19-7-2-4-11-25(19)28)24-10-5-8-20-13-14-22-21-9-3-1-6-18(21)12-15-23(22)26(20)24/h1-4,6-9,11-14,24H,5,10,15-17H2. The molecule has 0 spiro atoms. The summed E-state index contributed by atoms with van der Waals surface area (Å²) in [6.07, 6.45) is 8.38. The van der Waals surface area contributed by atoms with Crippen molar-refractivity contribution in [2.75, 3.05) is 11.4 Å². The van der Waals surface area contributed by atoms with Gasteiger partial charge in [0.1, 0.15) is 0 Å². The highest BCUT2D eigenvalue weighted by atomic mass is 16.2. The first kappa shape index (κ1) is 16.8. The highest BCUT2D eigenvalue weighted by Crippen LogP contribution is 2.34. The molecule has 0 bridgehead atoms. The van der Waals surface area contributed by atoms with Crippen LogP contribution in [0.15, 0.2) is 60.7 Å². The maximum Gasteiger partial charge on any atom is 0.234 e. The van der Waals surface area contributed by atoms with Gasteiger partial charge >= 0.3 is 0 Å². The Morgan fingerprint density at radius 1 is 0.862 bits per heavy atom. The molecule has 142 valence electrons. The van der Waals surface area contributed by atoms with E-state index < -0.39 is 0 Å². The van der Waals surface area contributed by atoms with E-state index in [-0.39, 0.29) is 11.8 Å². The molecule has 3 aromatic carbocycles. The van der Waals surface area contributed by atoms with Gasteiger partial charge in [-0.25, -0.2) is 0 Å². The first-order valence-electron chi connectivity index (χ1n) is 10.6. The summed E-state index contributed by atoms with van der Waals surface area (Å²) in [7, 11) is 0. The summed E-state index contributed by atoms with van der Waals surface area (Å²) in [5, 5.41) is 5.15. The molecule has 2 aliphatic carbocycles. The van der Waals surface area contributed by atoms with Gasteiger partial charge < -0.3 is 4.90 Å². The topological polar surface area (TPSA) is 20.3 Å². The van der Waals surface area contributed by atoms with Crippen LogP contribution in [0.1, 0.15) is 35.4 Å². The van der Waals surface area contributed by atoms with E-state index in [1.165, 1.54) is 37.6 Å². The number of benzene rings is 3. The number of hydrogen-bond donors (Lipinski definition) is 0. The van der Waals surface area contributed by atoms with Gasteiger partial charge in [0.25, 0.3) is 0 Å². The zero-order valence-electron chi connectivity index (χ0n) is 16.4. The van der Waals surface area contributed by atoms with Crippen LogP contribution in [0.2, 0.25) is 0 Å². The third-order valence-corrected chi connectivity index (χ3v) is 6.79. The van der Waals surface area contributed by atoms with E-state index in [9.17, 15) is 4.79 Å². The Bertz CT molecular complexity index is 1370. The molecule has 0 saturated carbocycles. The summed E-state index contributed by atoms with van der Waals surface area (Å²) < 4.78 is 0. The largest absolute Gasteiger partial charge is 0.311 e. The molecule has 2 nitrogen and oxygen atoms in total. The molecule has 1 heterocycles. The molecule has 6 rings (SSSR count). The number of para-hydroxylation sites is 1. The molecule has 3 aromatic rings. The highest BCUT2D eigenvalue weighted by Gasteiger charge is 2.33. The van der Waals surface area contributed by atoms with Gasteiger partial charge in [-0.2, -0.15) is 0 Å². The van der Waals surface area contributed by atoms with Crippen LogP contribution < -0.4 is 15.3 Å². The molecule has 0 radical (unpaired) electrons. The lowest BCUT2D eigenvalue weighted by Crippen LogP contribution is -2.37. The Kier molecular flexibility index (Phi) is 3.73. The number of hydrogen-bond acceptors (Lipinski definition) is 1. The van der Waals surface area contributed by atoms with Crippen LogP contribution in [0.5, 0.6) is 0 Å². The van der Waals surface area contributed by atoms with E-state index in [1.807, 2.05) is 11.0 Å². The van der Waals surface area contributed by atoms with E-state index >= 15 is 0 Å². The zero-order valence-corrected chi connectivity index (χ0v) is 16.4. The van der Waals surface area contributed by atoms with Crippen molar-refractivity contribution in [1.82, 2.24) is 0 Å². The predicted molar refractivity (Wildman–Crippen MR) is 117 cm³/mol. The third kappa shape index (κ3) is 2.52. The van der Waals surface area contributed by atoms with Crippen LogP contribution in [0, 0.1) is 10.4 Å². The number of rotatable bonds is 1. The number of anilines is 1. The van der Waals surface area contributed by atoms with Gasteiger partial charge in [-0.05, 0) is 69.3 Å². The Hall–Kier alpha value is -3.13. The van der Waals surface area contributed by atoms with Crippen LogP contribution >= 0.6 is 0 Å². The van der Waals surface area contributed by atoms with Gasteiger partial charge in [0, 0.05) is 12.2 Å². The minimum atomic E-state index is -0.0465. The van der Waals surface area contributed by atoms with Crippen molar-refractivity contribution in [3.63, 3.8) is 0 Å². The number of carbonyl (C=O) groups is 1. The van der Waals surface area contributed by atoms with Gasteiger partial charge in [0.15, 0.2) is 0 Å². The van der Waals surface area contributed by atoms with Gasteiger partial charge in [-0.3, -0.25) is 4.79 Å². The monoisotopic (exact) mass is 377 g/mol. The summed E-state index contributed by atoms with van der Waals surface area (Å²) in [6, 6.07) is 21.5. The molecular weight excluding hydrogens is 354 g/mol. The highest BCUT2D eigenvalue weighted by molar-refractivity contribution is 6.00. The van der Waals surface area contributed by atoms with E-state index in [4.69, 9.17) is 0 Å². The number of fused-ring (bicyclic) bond motifs is 5. The van der Waals surface area contributed by atoms with Crippen molar-refractivity contribution >= 4 is 23.7 Å². The Morgan fingerprint density at radius 3 is 2.69 bits per heavy atom. The molecular formula is C27H23NO. The average Bonchev–Trinajstić information content (AvgIpc) is 3.22. The summed E-state index contributed by atoms with van der Waals surface area (Å²) in [6.45, 7) is 0.803. The first-order valence-corrected chi connectivity index (χ1v) is 10.6. The molecule has 2 heteroatoms. The summed E-state index contributed by atoms with van der Waals surface area (Å²) in [5.41, 5.74) is 5.02. The lowest BCUT2D eigenvalue weighted by Gasteiger charge is -2.28. The number of nitrogens with zero attached hydrogens (tertiary/aromatic N) is 1. The molecule has 1 unspecified atom stereocenters. The van der Waals surface area contributed by atoms with Gasteiger partial charge in [-0.15, -0.1) is 0 Å². The molecule has 0 N–H and O–H groups in total. The lowest BCUT2D eigenvalue weighted by molar-refractivity contribution is -0.120. The van der Waals surface area contributed by atoms with Crippen LogP contribution in [0.4, 0.5) is 5.69 Å². The van der Waals surface area contributed by atoms with Crippen LogP contribution in [0.3, 0.4) is 0 Å². The molecule has 3 aliphatic rings. The van der Waals surface area contributed by atoms with Crippen LogP contribution in [-0.4, -0.2) is 12.5 Å². The smallest absolute Gasteiger partial charge is 0.234 e. The molecule has 0 fully saturated rings. The van der Waals surface area contributed by atoms with Crippen molar-refractivity contribution < 1.29 is 4.79 Å². The molecule has 1 atom stereocenters. The summed E-state index contributed by atoms with van der Waals surface area (Å²) >= 11 is 0. The van der Waals surface area contributed by atoms with Gasteiger partial charge in [0.2, 0.25) is 5.91 Å². The second-order valence-electron chi connectivity index (χ2n) is 8.29. The van der Waals surface area contributed by atoms with Crippen molar-refractivity contribution in [3.05, 3.63) is 98.2 Å². The normalized spacial score (nSPS) is 18.6. The van der Waals surface area contributed by atoms with Crippen LogP contribution in [0.25, 0.3) is 12.2 Å². The summed E-state index contributed by atoms with van der Waals surface area (Å²) in [4.78, 5) is 15.8. The van der Waals surface area contributed by atoms with E-state index in [0.29, 0.717) is 0 Å². The molecule has 0 saturated heterocycles. The molecule has 1 aliphatic heterocycles. The van der Waals surface area contributed by atoms with Crippen molar-refractivity contribution in [3.8, 4) is 0 Å². The fourth-order valence-electron chi connectivity index (χ4n) is 5.43. The fourth-order valence-corrected chi connectivity index (χ4v) is 5.43. The van der Waals surface area contributed by atoms with Crippen LogP contribution in [-0.2, 0) is 17.6 Å². The Balaban J connectivity index is 1.54. The average molecular weight is 377 g/mol. The molecule has 0 aromatic heterocycles. The van der Waals surface area contributed by atoms with Crippen molar-refractivity contribution in [2.24, 2.45) is 0 Å². The second kappa shape index (κ2) is 6.45. The van der Waals surface area contributed by atoms with E-state index in [0.717, 1.165) is 37.9 Å². The minimum Gasteiger partial charge on any atom is -0.311 e. The second-order valence-corrected chi connectivity index (χ2v) is 8.29. The zero-order chi connectivity index (χ0) is 19.4.